The summed E-state index contributed by atoms with van der Waals surface area (Å²) < 4.78 is 0. The Kier molecular flexibility index (Phi) is 6.93. The molecule has 1 unspecified atom stereocenters. The summed E-state index contributed by atoms with van der Waals surface area (Å²) in [6.07, 6.45) is 4.25. The van der Waals surface area contributed by atoms with E-state index >= 15 is 0 Å². The molecule has 3 nitrogen and oxygen atoms in total. The molecule has 1 aromatic carbocycles. The van der Waals surface area contributed by atoms with Gasteiger partial charge in [-0.05, 0) is 36.3 Å². The highest BCUT2D eigenvalue weighted by Gasteiger charge is 2.21. The second-order valence-electron chi connectivity index (χ2n) is 5.36. The first-order valence-electron chi connectivity index (χ1n) is 7.15. The Morgan fingerprint density at radius 2 is 1.90 bits per heavy atom. The summed E-state index contributed by atoms with van der Waals surface area (Å²) >= 11 is 1.70. The highest BCUT2D eigenvalue weighted by Crippen LogP contribution is 2.21. The Hall–Kier alpha value is -1.16. The number of hydrogen-bond acceptors (Lipinski definition) is 2. The van der Waals surface area contributed by atoms with Crippen LogP contribution in [0.5, 0.6) is 0 Å². The lowest BCUT2D eigenvalue weighted by Crippen LogP contribution is -2.40. The number of hydrogen-bond donors (Lipinski definition) is 1. The van der Waals surface area contributed by atoms with E-state index in [9.17, 15) is 4.79 Å². The largest absolute Gasteiger partial charge is 0.322 e. The van der Waals surface area contributed by atoms with Crippen LogP contribution in [0.15, 0.2) is 24.3 Å². The molecule has 112 valence electrons. The molecule has 1 atom stereocenters. The summed E-state index contributed by atoms with van der Waals surface area (Å²) in [5, 5.41) is 3.14. The maximum atomic E-state index is 12.2. The van der Waals surface area contributed by atoms with E-state index in [-0.39, 0.29) is 11.4 Å². The van der Waals surface area contributed by atoms with Gasteiger partial charge in [-0.2, -0.15) is 0 Å². The number of nitrogens with one attached hydrogen (secondary N) is 1. The van der Waals surface area contributed by atoms with E-state index in [0.29, 0.717) is 5.92 Å². The van der Waals surface area contributed by atoms with Gasteiger partial charge in [-0.1, -0.05) is 39.3 Å². The lowest BCUT2D eigenvalue weighted by atomic mass is 10.1. The van der Waals surface area contributed by atoms with Gasteiger partial charge in [-0.3, -0.25) is 0 Å². The van der Waals surface area contributed by atoms with Gasteiger partial charge in [0.2, 0.25) is 0 Å². The molecular weight excluding hydrogens is 268 g/mol. The number of anilines is 1. The minimum Gasteiger partial charge on any atom is -0.315 e. The van der Waals surface area contributed by atoms with Gasteiger partial charge in [0.1, 0.15) is 0 Å². The van der Waals surface area contributed by atoms with E-state index < -0.39 is 0 Å². The second kappa shape index (κ2) is 8.20. The van der Waals surface area contributed by atoms with Crippen LogP contribution in [0.25, 0.3) is 0 Å². The van der Waals surface area contributed by atoms with Crippen molar-refractivity contribution in [3.63, 3.8) is 0 Å². The number of carbonyl (C=O) groups is 1. The Labute approximate surface area is 127 Å². The van der Waals surface area contributed by atoms with E-state index in [2.05, 4.69) is 38.2 Å². The van der Waals surface area contributed by atoms with Gasteiger partial charge < -0.3 is 10.2 Å². The molecule has 0 aliphatic rings. The smallest absolute Gasteiger partial charge is 0.315 e. The van der Waals surface area contributed by atoms with Crippen LogP contribution in [-0.2, 0) is 6.42 Å². The predicted molar refractivity (Wildman–Crippen MR) is 89.4 cm³/mol. The predicted octanol–water partition coefficient (Wildman–Crippen LogP) is 4.45. The average Bonchev–Trinajstić information content (AvgIpc) is 2.41. The van der Waals surface area contributed by atoms with Crippen molar-refractivity contribution < 1.29 is 4.79 Å². The van der Waals surface area contributed by atoms with E-state index in [1.165, 1.54) is 5.56 Å². The fourth-order valence-electron chi connectivity index (χ4n) is 2.25. The van der Waals surface area contributed by atoms with Crippen molar-refractivity contribution in [3.05, 3.63) is 29.8 Å². The Morgan fingerprint density at radius 1 is 1.30 bits per heavy atom. The minimum absolute atomic E-state index is 0.0544. The first-order valence-corrected chi connectivity index (χ1v) is 8.44. The molecule has 4 heteroatoms. The number of thioether (sulfide) groups is 1. The minimum atomic E-state index is -0.0544. The first kappa shape index (κ1) is 16.9. The number of nitrogens with zero attached hydrogens (tertiary/aromatic N) is 1. The zero-order valence-corrected chi connectivity index (χ0v) is 14.0. The van der Waals surface area contributed by atoms with Crippen LogP contribution in [0, 0.1) is 5.92 Å². The Balaban J connectivity index is 2.65. The molecule has 0 fully saturated rings. The van der Waals surface area contributed by atoms with Crippen LogP contribution < -0.4 is 5.32 Å². The molecular formula is C16H26N2OS. The van der Waals surface area contributed by atoms with Crippen LogP contribution >= 0.6 is 11.8 Å². The molecule has 1 N–H and O–H groups in total. The fraction of sp³-hybridized carbons (Fsp3) is 0.562. The Morgan fingerprint density at radius 3 is 2.35 bits per heavy atom. The maximum absolute atomic E-state index is 12.2. The zero-order chi connectivity index (χ0) is 15.1. The standard InChI is InChI=1S/C16H26N2OS/c1-6-7-13-8-10-14(11-9-13)17-16(19)18(4)15(20-5)12(2)3/h8-12,15H,6-7H2,1-5H3,(H,17,19). The molecule has 0 saturated heterocycles. The number of urea groups is 1. The average molecular weight is 294 g/mol. The molecule has 20 heavy (non-hydrogen) atoms. The third kappa shape index (κ3) is 4.75. The van der Waals surface area contributed by atoms with Crippen LogP contribution in [0.4, 0.5) is 10.5 Å². The topological polar surface area (TPSA) is 32.3 Å². The van der Waals surface area contributed by atoms with Crippen molar-refractivity contribution in [1.82, 2.24) is 4.90 Å². The van der Waals surface area contributed by atoms with Crippen molar-refractivity contribution in [1.29, 1.82) is 0 Å². The van der Waals surface area contributed by atoms with Crippen LogP contribution in [-0.4, -0.2) is 29.6 Å². The fourth-order valence-corrected chi connectivity index (χ4v) is 3.20. The summed E-state index contributed by atoms with van der Waals surface area (Å²) in [5.74, 6) is 0.424. The van der Waals surface area contributed by atoms with Crippen LogP contribution in [0.3, 0.4) is 0 Å². The van der Waals surface area contributed by atoms with Gasteiger partial charge in [-0.25, -0.2) is 4.79 Å². The summed E-state index contributed by atoms with van der Waals surface area (Å²) in [5.41, 5.74) is 2.16. The molecule has 1 rings (SSSR count). The van der Waals surface area contributed by atoms with E-state index in [1.807, 2.05) is 25.4 Å². The van der Waals surface area contributed by atoms with Crippen LogP contribution in [0.1, 0.15) is 32.8 Å². The molecule has 0 spiro atoms. The number of benzene rings is 1. The number of aryl methyl sites for hydroxylation is 1. The quantitative estimate of drug-likeness (QED) is 0.786. The van der Waals surface area contributed by atoms with E-state index in [1.54, 1.807) is 16.7 Å². The molecule has 0 radical (unpaired) electrons. The monoisotopic (exact) mass is 294 g/mol. The molecule has 1 aromatic rings. The van der Waals surface area contributed by atoms with Crippen LogP contribution in [0.2, 0.25) is 0 Å². The lowest BCUT2D eigenvalue weighted by molar-refractivity contribution is 0.211. The van der Waals surface area contributed by atoms with Gasteiger partial charge in [-0.15, -0.1) is 11.8 Å². The third-order valence-electron chi connectivity index (χ3n) is 3.26. The normalized spacial score (nSPS) is 12.3. The van der Waals surface area contributed by atoms with Crippen molar-refractivity contribution >= 4 is 23.5 Å². The molecule has 0 bridgehead atoms. The Bertz CT molecular complexity index is 417. The molecule has 0 aliphatic heterocycles. The van der Waals surface area contributed by atoms with Crippen molar-refractivity contribution in [3.8, 4) is 0 Å². The highest BCUT2D eigenvalue weighted by molar-refractivity contribution is 7.99. The molecule has 0 aliphatic carbocycles. The summed E-state index contributed by atoms with van der Waals surface area (Å²) in [4.78, 5) is 14.0. The maximum Gasteiger partial charge on any atom is 0.322 e. The van der Waals surface area contributed by atoms with Crippen molar-refractivity contribution in [2.75, 3.05) is 18.6 Å². The zero-order valence-electron chi connectivity index (χ0n) is 13.1. The van der Waals surface area contributed by atoms with E-state index in [0.717, 1.165) is 18.5 Å². The van der Waals surface area contributed by atoms with E-state index in [4.69, 9.17) is 0 Å². The van der Waals surface area contributed by atoms with Gasteiger partial charge in [0.05, 0.1) is 5.37 Å². The molecule has 2 amide bonds. The van der Waals surface area contributed by atoms with Gasteiger partial charge in [0.15, 0.2) is 0 Å². The molecule has 0 aromatic heterocycles. The van der Waals surface area contributed by atoms with Gasteiger partial charge in [0, 0.05) is 12.7 Å². The SMILES string of the molecule is CCCc1ccc(NC(=O)N(C)C(SC)C(C)C)cc1. The van der Waals surface area contributed by atoms with Gasteiger partial charge in [0.25, 0.3) is 0 Å². The second-order valence-corrected chi connectivity index (χ2v) is 6.31. The third-order valence-corrected chi connectivity index (χ3v) is 4.60. The lowest BCUT2D eigenvalue weighted by Gasteiger charge is -2.29. The molecule has 0 heterocycles. The summed E-state index contributed by atoms with van der Waals surface area (Å²) in [7, 11) is 1.85. The van der Waals surface area contributed by atoms with Gasteiger partial charge >= 0.3 is 6.03 Å². The number of amides is 2. The summed E-state index contributed by atoms with van der Waals surface area (Å²) in [6, 6.07) is 8.04. The molecule has 0 saturated carbocycles. The highest BCUT2D eigenvalue weighted by atomic mass is 32.2. The first-order chi connectivity index (χ1) is 9.49. The number of carbonyl (C=O) groups excluding carboxylic acids is 1. The van der Waals surface area contributed by atoms with Crippen molar-refractivity contribution in [2.45, 2.75) is 39.0 Å². The number of rotatable bonds is 6. The van der Waals surface area contributed by atoms with Crippen molar-refractivity contribution in [2.24, 2.45) is 5.92 Å². The summed E-state index contributed by atoms with van der Waals surface area (Å²) in [6.45, 7) is 6.42.